The first-order valence-electron chi connectivity index (χ1n) is 48.8. The van der Waals surface area contributed by atoms with Crippen LogP contribution in [0.5, 0.6) is 0 Å². The minimum absolute atomic E-state index is 0.00204. The molecule has 0 aromatic rings. The van der Waals surface area contributed by atoms with Crippen molar-refractivity contribution in [2.24, 2.45) is 249 Å². The normalized spacial score (nSPS) is 46.6. The number of carbonyl (C=O) groups excluding carboxylic acids is 6. The van der Waals surface area contributed by atoms with Crippen LogP contribution in [0.4, 0.5) is 26.3 Å². The zero-order valence-corrected chi connectivity index (χ0v) is 77.1. The monoisotopic (exact) mass is 1710 g/mol. The number of methoxy groups -OCH3 is 6. The predicted molar refractivity (Wildman–Crippen MR) is 449 cm³/mol. The minimum Gasteiger partial charge on any atom is -0.469 e. The second-order valence-electron chi connectivity index (χ2n) is 44.6. The van der Waals surface area contributed by atoms with E-state index < -0.39 is 42.0 Å². The lowest BCUT2D eigenvalue weighted by Gasteiger charge is -2.42. The van der Waals surface area contributed by atoms with Crippen molar-refractivity contribution in [2.45, 2.75) is 293 Å². The van der Waals surface area contributed by atoms with Gasteiger partial charge in [0.1, 0.15) is 6.61 Å². The van der Waals surface area contributed by atoms with Crippen LogP contribution in [0.2, 0.25) is 0 Å². The molecule has 0 spiro atoms. The second kappa shape index (κ2) is 37.8. The summed E-state index contributed by atoms with van der Waals surface area (Å²) >= 11 is 0. The van der Waals surface area contributed by atoms with Crippen LogP contribution in [0, 0.1) is 249 Å². The number of esters is 6. The Balaban J connectivity index is 0.000000126. The van der Waals surface area contributed by atoms with E-state index in [-0.39, 0.29) is 91.3 Å². The zero-order chi connectivity index (χ0) is 88.0. The number of hydrogen-bond donors (Lipinski definition) is 2. The first kappa shape index (κ1) is 94.9. The summed E-state index contributed by atoms with van der Waals surface area (Å²) in [6, 6.07) is 0. The highest BCUT2D eigenvalue weighted by molar-refractivity contribution is 5.75. The molecule has 18 saturated carbocycles. The number of fused-ring (bicyclic) bond motifs is 30. The van der Waals surface area contributed by atoms with Gasteiger partial charge in [-0.25, -0.2) is 0 Å². The third-order valence-electron chi connectivity index (χ3n) is 40.3. The number of carbonyl (C=O) groups is 6. The molecule has 0 heterocycles. The lowest BCUT2D eigenvalue weighted by atomic mass is 9.67. The molecule has 44 atom stereocenters. The first-order chi connectivity index (χ1) is 57.2. The molecule has 690 valence electrons. The van der Waals surface area contributed by atoms with Crippen molar-refractivity contribution in [1.29, 1.82) is 0 Å². The van der Waals surface area contributed by atoms with Crippen LogP contribution in [0.15, 0.2) is 0 Å². The average Bonchev–Trinajstić information content (AvgIpc) is 1.57. The molecule has 121 heavy (non-hydrogen) atoms. The van der Waals surface area contributed by atoms with Crippen LogP contribution in [-0.4, -0.2) is 125 Å². The van der Waals surface area contributed by atoms with Gasteiger partial charge in [0.2, 0.25) is 0 Å². The molecule has 15 nitrogen and oxygen atoms in total. The van der Waals surface area contributed by atoms with E-state index in [1.54, 1.807) is 0 Å². The maximum Gasteiger partial charge on any atom is 0.426 e. The van der Waals surface area contributed by atoms with E-state index >= 15 is 0 Å². The molecule has 0 aromatic carbocycles. The van der Waals surface area contributed by atoms with Gasteiger partial charge in [-0.1, -0.05) is 109 Å². The Hall–Kier alpha value is -3.72. The Kier molecular flexibility index (Phi) is 29.6. The molecule has 0 radical (unpaired) electrons. The van der Waals surface area contributed by atoms with Crippen molar-refractivity contribution in [3.63, 3.8) is 0 Å². The summed E-state index contributed by atoms with van der Waals surface area (Å²) in [6.07, 6.45) is 14.7. The van der Waals surface area contributed by atoms with Gasteiger partial charge in [-0.05, 0) is 366 Å². The second-order valence-corrected chi connectivity index (χ2v) is 44.6. The number of aliphatic hydroxyl groups is 2. The third kappa shape index (κ3) is 17.7. The van der Waals surface area contributed by atoms with Gasteiger partial charge in [0.05, 0.1) is 78.4 Å². The predicted octanol–water partition coefficient (Wildman–Crippen LogP) is 20.8. The van der Waals surface area contributed by atoms with E-state index in [9.17, 15) is 65.3 Å². The van der Waals surface area contributed by atoms with Crippen molar-refractivity contribution < 1.29 is 98.5 Å². The van der Waals surface area contributed by atoms with Crippen molar-refractivity contribution >= 4 is 35.8 Å². The van der Waals surface area contributed by atoms with E-state index in [0.29, 0.717) is 79.1 Å². The molecule has 18 rings (SSSR count). The highest BCUT2D eigenvalue weighted by Gasteiger charge is 2.74. The van der Waals surface area contributed by atoms with E-state index in [4.69, 9.17) is 18.9 Å². The maximum absolute atomic E-state index is 13.4. The van der Waals surface area contributed by atoms with Gasteiger partial charge in [0.25, 0.3) is 5.60 Å². The molecule has 2 N–H and O–H groups in total. The Morgan fingerprint density at radius 1 is 0.372 bits per heavy atom. The van der Waals surface area contributed by atoms with Crippen LogP contribution in [0.1, 0.15) is 263 Å². The van der Waals surface area contributed by atoms with Gasteiger partial charge in [-0.2, -0.15) is 26.3 Å². The summed E-state index contributed by atoms with van der Waals surface area (Å²) in [5.74, 6) is 26.4. The Bertz CT molecular complexity index is 3530. The highest BCUT2D eigenvalue weighted by Crippen LogP contribution is 2.72. The van der Waals surface area contributed by atoms with E-state index in [1.165, 1.54) is 119 Å². The molecular formula is C100H158F6O15. The van der Waals surface area contributed by atoms with Crippen LogP contribution in [0.25, 0.3) is 0 Å². The van der Waals surface area contributed by atoms with Gasteiger partial charge >= 0.3 is 48.2 Å². The fourth-order valence-electron chi connectivity index (χ4n) is 34.8. The lowest BCUT2D eigenvalue weighted by Crippen LogP contribution is -2.59. The third-order valence-corrected chi connectivity index (χ3v) is 40.3. The molecule has 0 amide bonds. The molecule has 18 fully saturated rings. The number of alkyl halides is 6. The number of rotatable bonds is 20. The quantitative estimate of drug-likeness (QED) is 0.0660. The Labute approximate surface area is 721 Å². The fourth-order valence-corrected chi connectivity index (χ4v) is 34.8. The summed E-state index contributed by atoms with van der Waals surface area (Å²) in [4.78, 5) is 69.7. The van der Waals surface area contributed by atoms with Gasteiger partial charge < -0.3 is 43.4 Å². The topological polar surface area (TPSA) is 207 Å². The van der Waals surface area contributed by atoms with E-state index in [2.05, 4.69) is 97.3 Å². The van der Waals surface area contributed by atoms with Crippen molar-refractivity contribution in [3.8, 4) is 0 Å². The maximum atomic E-state index is 13.4. The van der Waals surface area contributed by atoms with Crippen LogP contribution >= 0.6 is 0 Å². The average molecular weight is 1710 g/mol. The molecule has 0 aliphatic heterocycles. The number of ether oxygens (including phenoxy) is 7. The van der Waals surface area contributed by atoms with Crippen molar-refractivity contribution in [3.05, 3.63) is 0 Å². The molecule has 21 heteroatoms. The molecule has 44 unspecified atom stereocenters. The lowest BCUT2D eigenvalue weighted by molar-refractivity contribution is -0.380. The summed E-state index contributed by atoms with van der Waals surface area (Å²) in [5, 5.41) is 21.2. The van der Waals surface area contributed by atoms with Gasteiger partial charge in [0.15, 0.2) is 0 Å². The molecule has 18 aliphatic carbocycles. The number of aliphatic hydroxyl groups excluding tert-OH is 1. The fraction of sp³-hybridized carbons (Fsp3) is 0.940. The summed E-state index contributed by atoms with van der Waals surface area (Å²) in [7, 11) is 7.73. The number of hydrogen-bond acceptors (Lipinski definition) is 15. The van der Waals surface area contributed by atoms with Gasteiger partial charge in [-0.3, -0.25) is 28.8 Å². The smallest absolute Gasteiger partial charge is 0.426 e. The van der Waals surface area contributed by atoms with Gasteiger partial charge in [-0.15, -0.1) is 0 Å². The molecule has 0 saturated heterocycles. The highest BCUT2D eigenvalue weighted by atomic mass is 19.4. The van der Waals surface area contributed by atoms with E-state index in [1.807, 2.05) is 6.92 Å². The summed E-state index contributed by atoms with van der Waals surface area (Å²) < 4.78 is 114. The van der Waals surface area contributed by atoms with Crippen LogP contribution in [-0.2, 0) is 61.9 Å². The molecule has 12 bridgehead atoms. The Morgan fingerprint density at radius 3 is 1.25 bits per heavy atom. The molecule has 18 aliphatic rings. The number of halogens is 6. The molecular weight excluding hydrogens is 1560 g/mol. The van der Waals surface area contributed by atoms with E-state index in [0.717, 1.165) is 205 Å². The van der Waals surface area contributed by atoms with Crippen molar-refractivity contribution in [2.75, 3.05) is 49.3 Å². The zero-order valence-electron chi connectivity index (χ0n) is 77.1. The molecule has 0 aromatic heterocycles. The largest absolute Gasteiger partial charge is 0.469 e. The Morgan fingerprint density at radius 2 is 0.752 bits per heavy atom. The van der Waals surface area contributed by atoms with Crippen LogP contribution < -0.4 is 0 Å². The van der Waals surface area contributed by atoms with Crippen molar-refractivity contribution in [1.82, 2.24) is 0 Å². The first-order valence-corrected chi connectivity index (χ1v) is 48.8. The SMILES string of the molecule is CCC1CC(CC)C2C3CC(CC3C(=O)OCCC(=O)OC)C12.CCC1CC(CC)C2C3CC(CC3CC(OC)(C(F)(F)F)C(F)(F)F)C12.COC(=O)C1CC2CC1C1C(C)C(C)CC21.COC(=O)CC(C)(O)C1CC2CC1C1C(C)C(C)CC21.COC(=O)CC(O)C1CC2CC1C1C(C)C(C)CC21.COC(=O)CC1CC2CC1C1C(C)C(C)CC21. The standard InChI is InChI=1S/C19H28F6O.C19H30O4.C17H28O3.C16H26O3.C15H24O2.C14H22O2/c1-4-10-6-11(5-2)16-14-8-12(15(10)16)7-13(14)9-17(26-3,18(20,21)22)19(23,24)25;1-4-11-8-12(5-2)18-14-9-13(17(11)18)10-15(14)19(21)23-7-6-16(20)22-3;1-9-5-12-11-6-13(16(12)10(9)2)14(7-11)17(3,19)8-15(18)20-4;1-8-4-11-10-5-12(14(17)7-15(18)19-3)13(6-10)16(11)9(8)2;1-8-4-12-10-5-11(7-14(16)17-3)13(6-10)15(12)9(8)2;1-7-4-10-9-5-11(13(10)8(7)2)12(6-9)14(15)16-3/h10-16H,4-9H2,1-3H3;11-15,17-18H,4-10H2,1-3H3;9-14,16,19H,5-8H2,1-4H3;8-14,16-17H,4-7H2,1-3H3;8-13,15H,4-7H2,1-3H3;7-13H,4-6H2,1-3H3. The summed E-state index contributed by atoms with van der Waals surface area (Å²) in [6.45, 7) is 30.0. The minimum atomic E-state index is -5.47. The van der Waals surface area contributed by atoms with Gasteiger partial charge in [0, 0.05) is 13.5 Å². The summed E-state index contributed by atoms with van der Waals surface area (Å²) in [5.41, 5.74) is -4.95. The van der Waals surface area contributed by atoms with Crippen LogP contribution in [0.3, 0.4) is 0 Å².